The van der Waals surface area contributed by atoms with Crippen LogP contribution in [0.1, 0.15) is 26.2 Å². The van der Waals surface area contributed by atoms with Crippen LogP contribution in [0.4, 0.5) is 0 Å². The number of nitrogens with two attached hydrogens (primary N) is 1. The molecule has 2 heterocycles. The van der Waals surface area contributed by atoms with Gasteiger partial charge in [-0.15, -0.1) is 0 Å². The largest absolute Gasteiger partial charge is 0.324 e. The summed E-state index contributed by atoms with van der Waals surface area (Å²) in [5, 5.41) is 0. The SMILES string of the molecule is CN1CCCC1CN1CCC(C)(N)C1. The quantitative estimate of drug-likeness (QED) is 0.700. The van der Waals surface area contributed by atoms with Gasteiger partial charge in [0.2, 0.25) is 0 Å². The van der Waals surface area contributed by atoms with Crippen molar-refractivity contribution < 1.29 is 0 Å². The average Bonchev–Trinajstić information content (AvgIpc) is 2.61. The standard InChI is InChI=1S/C11H23N3/c1-11(12)5-7-14(9-11)8-10-4-3-6-13(10)2/h10H,3-9,12H2,1-2H3. The number of hydrogen-bond donors (Lipinski definition) is 1. The lowest BCUT2D eigenvalue weighted by Gasteiger charge is -2.26. The van der Waals surface area contributed by atoms with Gasteiger partial charge in [0.05, 0.1) is 0 Å². The Morgan fingerprint density at radius 1 is 1.43 bits per heavy atom. The van der Waals surface area contributed by atoms with E-state index in [1.165, 1.54) is 32.5 Å². The van der Waals surface area contributed by atoms with Crippen LogP contribution >= 0.6 is 0 Å². The molecular weight excluding hydrogens is 174 g/mol. The van der Waals surface area contributed by atoms with Crippen LogP contribution in [0.25, 0.3) is 0 Å². The van der Waals surface area contributed by atoms with Gasteiger partial charge in [-0.2, -0.15) is 0 Å². The first-order valence-corrected chi connectivity index (χ1v) is 5.78. The number of rotatable bonds is 2. The minimum atomic E-state index is 0.0666. The maximum Gasteiger partial charge on any atom is 0.0267 e. The van der Waals surface area contributed by atoms with E-state index in [-0.39, 0.29) is 5.54 Å². The second-order valence-corrected chi connectivity index (χ2v) is 5.42. The van der Waals surface area contributed by atoms with E-state index in [1.54, 1.807) is 0 Å². The molecule has 0 aliphatic carbocycles. The van der Waals surface area contributed by atoms with Crippen molar-refractivity contribution in [3.8, 4) is 0 Å². The van der Waals surface area contributed by atoms with Crippen LogP contribution in [0.3, 0.4) is 0 Å². The van der Waals surface area contributed by atoms with Crippen molar-refractivity contribution in [3.05, 3.63) is 0 Å². The molecule has 3 heteroatoms. The summed E-state index contributed by atoms with van der Waals surface area (Å²) in [6, 6.07) is 0.781. The summed E-state index contributed by atoms with van der Waals surface area (Å²) in [6.45, 7) is 6.95. The van der Waals surface area contributed by atoms with E-state index in [4.69, 9.17) is 5.73 Å². The lowest BCUT2D eigenvalue weighted by molar-refractivity contribution is 0.214. The van der Waals surface area contributed by atoms with Gasteiger partial charge in [-0.1, -0.05) is 0 Å². The van der Waals surface area contributed by atoms with E-state index in [0.717, 1.165) is 19.0 Å². The van der Waals surface area contributed by atoms with Gasteiger partial charge in [0.15, 0.2) is 0 Å². The van der Waals surface area contributed by atoms with Crippen molar-refractivity contribution in [1.29, 1.82) is 0 Å². The summed E-state index contributed by atoms with van der Waals surface area (Å²) < 4.78 is 0. The monoisotopic (exact) mass is 197 g/mol. The number of hydrogen-bond acceptors (Lipinski definition) is 3. The van der Waals surface area contributed by atoms with Crippen molar-refractivity contribution in [2.45, 2.75) is 37.8 Å². The topological polar surface area (TPSA) is 32.5 Å². The van der Waals surface area contributed by atoms with Crippen LogP contribution in [0.5, 0.6) is 0 Å². The third-order valence-corrected chi connectivity index (χ3v) is 3.72. The lowest BCUT2D eigenvalue weighted by Crippen LogP contribution is -2.42. The second-order valence-electron chi connectivity index (χ2n) is 5.42. The Bertz CT molecular complexity index is 203. The maximum absolute atomic E-state index is 6.12. The van der Waals surface area contributed by atoms with Crippen LogP contribution in [0, 0.1) is 0 Å². The zero-order valence-electron chi connectivity index (χ0n) is 9.50. The Labute approximate surface area is 87.2 Å². The van der Waals surface area contributed by atoms with Gasteiger partial charge < -0.3 is 10.6 Å². The van der Waals surface area contributed by atoms with Gasteiger partial charge in [-0.3, -0.25) is 4.90 Å². The molecule has 0 saturated carbocycles. The Kier molecular flexibility index (Phi) is 2.82. The van der Waals surface area contributed by atoms with Gasteiger partial charge >= 0.3 is 0 Å². The molecule has 0 spiro atoms. The first-order chi connectivity index (χ1) is 6.57. The Morgan fingerprint density at radius 3 is 2.71 bits per heavy atom. The summed E-state index contributed by atoms with van der Waals surface area (Å²) >= 11 is 0. The molecule has 0 aromatic heterocycles. The van der Waals surface area contributed by atoms with Crippen molar-refractivity contribution in [2.24, 2.45) is 5.73 Å². The fraction of sp³-hybridized carbons (Fsp3) is 1.00. The fourth-order valence-corrected chi connectivity index (χ4v) is 2.75. The van der Waals surface area contributed by atoms with Gasteiger partial charge in [-0.25, -0.2) is 0 Å². The molecule has 14 heavy (non-hydrogen) atoms. The van der Waals surface area contributed by atoms with Crippen LogP contribution in [0.2, 0.25) is 0 Å². The molecule has 0 radical (unpaired) electrons. The predicted octanol–water partition coefficient (Wildman–Crippen LogP) is 0.504. The second kappa shape index (κ2) is 3.80. The Morgan fingerprint density at radius 2 is 2.21 bits per heavy atom. The zero-order valence-corrected chi connectivity index (χ0v) is 9.50. The van der Waals surface area contributed by atoms with Crippen molar-refractivity contribution >= 4 is 0 Å². The van der Waals surface area contributed by atoms with E-state index in [0.29, 0.717) is 0 Å². The van der Waals surface area contributed by atoms with Crippen LogP contribution in [0.15, 0.2) is 0 Å². The van der Waals surface area contributed by atoms with Crippen LogP contribution < -0.4 is 5.73 Å². The van der Waals surface area contributed by atoms with E-state index in [2.05, 4.69) is 23.8 Å². The van der Waals surface area contributed by atoms with Gasteiger partial charge in [0.25, 0.3) is 0 Å². The summed E-state index contributed by atoms with van der Waals surface area (Å²) in [7, 11) is 2.25. The number of likely N-dealkylation sites (tertiary alicyclic amines) is 2. The molecule has 0 aromatic rings. The molecule has 2 fully saturated rings. The number of likely N-dealkylation sites (N-methyl/N-ethyl adjacent to an activating group) is 1. The Balaban J connectivity index is 1.81. The highest BCUT2D eigenvalue weighted by Crippen LogP contribution is 2.21. The molecule has 2 aliphatic heterocycles. The third-order valence-electron chi connectivity index (χ3n) is 3.72. The summed E-state index contributed by atoms with van der Waals surface area (Å²) in [4.78, 5) is 5.03. The van der Waals surface area contributed by atoms with Gasteiger partial charge in [-0.05, 0) is 39.8 Å². The minimum Gasteiger partial charge on any atom is -0.324 e. The van der Waals surface area contributed by atoms with Gasteiger partial charge in [0, 0.05) is 31.2 Å². The average molecular weight is 197 g/mol. The molecule has 2 aliphatic rings. The maximum atomic E-state index is 6.12. The minimum absolute atomic E-state index is 0.0666. The van der Waals surface area contributed by atoms with Crippen LogP contribution in [-0.4, -0.2) is 54.6 Å². The molecule has 2 atom stereocenters. The van der Waals surface area contributed by atoms with E-state index in [9.17, 15) is 0 Å². The van der Waals surface area contributed by atoms with E-state index < -0.39 is 0 Å². The molecule has 0 bridgehead atoms. The molecule has 0 amide bonds. The van der Waals surface area contributed by atoms with E-state index >= 15 is 0 Å². The van der Waals surface area contributed by atoms with Gasteiger partial charge in [0.1, 0.15) is 0 Å². The molecular formula is C11H23N3. The highest BCUT2D eigenvalue weighted by molar-refractivity contribution is 4.92. The van der Waals surface area contributed by atoms with E-state index in [1.807, 2.05) is 0 Å². The summed E-state index contributed by atoms with van der Waals surface area (Å²) in [5.41, 5.74) is 6.19. The molecule has 2 N–H and O–H groups in total. The Hall–Kier alpha value is -0.120. The summed E-state index contributed by atoms with van der Waals surface area (Å²) in [6.07, 6.45) is 3.90. The highest BCUT2D eigenvalue weighted by Gasteiger charge is 2.32. The fourth-order valence-electron chi connectivity index (χ4n) is 2.75. The molecule has 0 aromatic carbocycles. The van der Waals surface area contributed by atoms with Crippen LogP contribution in [-0.2, 0) is 0 Å². The van der Waals surface area contributed by atoms with Crippen molar-refractivity contribution in [1.82, 2.24) is 9.80 Å². The zero-order chi connectivity index (χ0) is 10.2. The molecule has 2 rings (SSSR count). The molecule has 2 saturated heterocycles. The third kappa shape index (κ3) is 2.27. The highest BCUT2D eigenvalue weighted by atomic mass is 15.2. The first kappa shape index (κ1) is 10.4. The lowest BCUT2D eigenvalue weighted by atomic mass is 10.0. The molecule has 2 unspecified atom stereocenters. The van der Waals surface area contributed by atoms with Crippen molar-refractivity contribution in [3.63, 3.8) is 0 Å². The molecule has 82 valence electrons. The first-order valence-electron chi connectivity index (χ1n) is 5.78. The number of nitrogens with zero attached hydrogens (tertiary/aromatic N) is 2. The summed E-state index contributed by atoms with van der Waals surface area (Å²) in [5.74, 6) is 0. The predicted molar refractivity (Wildman–Crippen MR) is 59.3 cm³/mol. The molecule has 3 nitrogen and oxygen atoms in total. The normalized spacial score (nSPS) is 40.9. The smallest absolute Gasteiger partial charge is 0.0267 e. The van der Waals surface area contributed by atoms with Crippen molar-refractivity contribution in [2.75, 3.05) is 33.2 Å².